The summed E-state index contributed by atoms with van der Waals surface area (Å²) in [5.41, 5.74) is 0.535. The Kier molecular flexibility index (Phi) is 4.51. The minimum absolute atomic E-state index is 0.0422. The summed E-state index contributed by atoms with van der Waals surface area (Å²) in [4.78, 5) is -0.282. The third-order valence-corrected chi connectivity index (χ3v) is 4.19. The first kappa shape index (κ1) is 17.1. The van der Waals surface area contributed by atoms with Crippen LogP contribution in [0.3, 0.4) is 0 Å². The largest absolute Gasteiger partial charge is 0.573 e. The van der Waals surface area contributed by atoms with Gasteiger partial charge in [-0.25, -0.2) is 12.8 Å². The normalized spacial score (nSPS) is 12.0. The number of rotatable bonds is 4. The highest BCUT2D eigenvalue weighted by Gasteiger charge is 2.31. The number of sulfonamides is 1. The van der Waals surface area contributed by atoms with E-state index in [4.69, 9.17) is 0 Å². The number of benzene rings is 2. The molecule has 9 heteroatoms. The predicted molar refractivity (Wildman–Crippen MR) is 75.1 cm³/mol. The van der Waals surface area contributed by atoms with Crippen LogP contribution in [-0.4, -0.2) is 14.8 Å². The Labute approximate surface area is 129 Å². The van der Waals surface area contributed by atoms with Gasteiger partial charge in [-0.3, -0.25) is 4.72 Å². The van der Waals surface area contributed by atoms with Gasteiger partial charge in [0.1, 0.15) is 11.6 Å². The van der Waals surface area contributed by atoms with Crippen LogP contribution in [0.2, 0.25) is 0 Å². The van der Waals surface area contributed by atoms with Crippen molar-refractivity contribution in [1.82, 2.24) is 0 Å². The lowest BCUT2D eigenvalue weighted by Gasteiger charge is -2.12. The topological polar surface area (TPSA) is 55.4 Å². The van der Waals surface area contributed by atoms with Gasteiger partial charge >= 0.3 is 6.36 Å². The van der Waals surface area contributed by atoms with Crippen LogP contribution in [0.15, 0.2) is 47.4 Å². The Hall–Kier alpha value is -2.29. The molecule has 0 aliphatic heterocycles. The van der Waals surface area contributed by atoms with Crippen molar-refractivity contribution < 1.29 is 30.7 Å². The predicted octanol–water partition coefficient (Wildman–Crippen LogP) is 3.83. The van der Waals surface area contributed by atoms with Crippen molar-refractivity contribution in [2.75, 3.05) is 4.72 Å². The zero-order valence-corrected chi connectivity index (χ0v) is 12.5. The number of hydrogen-bond acceptors (Lipinski definition) is 3. The van der Waals surface area contributed by atoms with E-state index in [1.165, 1.54) is 12.1 Å². The van der Waals surface area contributed by atoms with Crippen LogP contribution in [0.1, 0.15) is 5.56 Å². The molecule has 2 aromatic carbocycles. The first-order valence-electron chi connectivity index (χ1n) is 6.22. The summed E-state index contributed by atoms with van der Waals surface area (Å²) in [5, 5.41) is 0. The molecule has 0 radical (unpaired) electrons. The molecule has 2 rings (SSSR count). The average Bonchev–Trinajstić information content (AvgIpc) is 2.41. The second kappa shape index (κ2) is 6.07. The van der Waals surface area contributed by atoms with Crippen molar-refractivity contribution in [3.63, 3.8) is 0 Å². The Bertz CT molecular complexity index is 802. The molecule has 0 aliphatic carbocycles. The van der Waals surface area contributed by atoms with Gasteiger partial charge in [0.2, 0.25) is 0 Å². The molecule has 0 saturated carbocycles. The van der Waals surface area contributed by atoms with Crippen LogP contribution < -0.4 is 9.46 Å². The number of halogens is 4. The van der Waals surface area contributed by atoms with Crippen molar-refractivity contribution >= 4 is 15.7 Å². The van der Waals surface area contributed by atoms with E-state index < -0.39 is 28.0 Å². The Balaban J connectivity index is 2.24. The Morgan fingerprint density at radius 2 is 1.65 bits per heavy atom. The third kappa shape index (κ3) is 4.59. The first-order valence-corrected chi connectivity index (χ1v) is 7.70. The van der Waals surface area contributed by atoms with Crippen LogP contribution in [0, 0.1) is 12.7 Å². The van der Waals surface area contributed by atoms with Gasteiger partial charge in [0.05, 0.1) is 10.6 Å². The lowest BCUT2D eigenvalue weighted by molar-refractivity contribution is -0.274. The summed E-state index contributed by atoms with van der Waals surface area (Å²) < 4.78 is 79.5. The monoisotopic (exact) mass is 349 g/mol. The molecular formula is C14H11F4NO3S. The zero-order valence-electron chi connectivity index (χ0n) is 11.7. The van der Waals surface area contributed by atoms with Gasteiger partial charge in [0, 0.05) is 0 Å². The molecule has 0 spiro atoms. The number of hydrogen-bond donors (Lipinski definition) is 1. The minimum atomic E-state index is -4.86. The molecule has 0 bridgehead atoms. The molecule has 4 nitrogen and oxygen atoms in total. The van der Waals surface area contributed by atoms with Crippen molar-refractivity contribution in [1.29, 1.82) is 0 Å². The molecule has 0 fully saturated rings. The quantitative estimate of drug-likeness (QED) is 0.854. The van der Waals surface area contributed by atoms with Gasteiger partial charge < -0.3 is 4.74 Å². The van der Waals surface area contributed by atoms with Crippen LogP contribution >= 0.6 is 0 Å². The van der Waals surface area contributed by atoms with E-state index >= 15 is 0 Å². The van der Waals surface area contributed by atoms with Crippen molar-refractivity contribution in [2.24, 2.45) is 0 Å². The van der Waals surface area contributed by atoms with E-state index in [1.807, 2.05) is 0 Å². The minimum Gasteiger partial charge on any atom is -0.406 e. The number of nitrogens with one attached hydrogen (secondary N) is 1. The smallest absolute Gasteiger partial charge is 0.406 e. The lowest BCUT2D eigenvalue weighted by Crippen LogP contribution is -2.17. The highest BCUT2D eigenvalue weighted by molar-refractivity contribution is 7.92. The lowest BCUT2D eigenvalue weighted by atomic mass is 10.2. The molecule has 0 aliphatic rings. The van der Waals surface area contributed by atoms with Crippen molar-refractivity contribution in [3.05, 3.63) is 53.8 Å². The molecule has 124 valence electrons. The standard InChI is InChI=1S/C14H11F4NO3S/c1-9-2-3-10(15)8-13(9)19-23(20,21)12-6-4-11(5-7-12)22-14(16,17)18/h2-8,19H,1H3. The van der Waals surface area contributed by atoms with E-state index in [1.54, 1.807) is 6.92 Å². The van der Waals surface area contributed by atoms with Crippen LogP contribution in [0.25, 0.3) is 0 Å². The van der Waals surface area contributed by atoms with E-state index in [9.17, 15) is 26.0 Å². The maximum atomic E-state index is 13.2. The Morgan fingerprint density at radius 3 is 2.22 bits per heavy atom. The summed E-state index contributed by atoms with van der Waals surface area (Å²) in [6, 6.07) is 7.24. The molecule has 2 aromatic rings. The van der Waals surface area contributed by atoms with Crippen LogP contribution in [0.4, 0.5) is 23.2 Å². The summed E-state index contributed by atoms with van der Waals surface area (Å²) in [5.74, 6) is -1.17. The second-order valence-electron chi connectivity index (χ2n) is 4.58. The van der Waals surface area contributed by atoms with Crippen molar-refractivity contribution in [3.8, 4) is 5.75 Å². The van der Waals surface area contributed by atoms with E-state index in [0.29, 0.717) is 5.56 Å². The SMILES string of the molecule is Cc1ccc(F)cc1NS(=O)(=O)c1ccc(OC(F)(F)F)cc1. The van der Waals surface area contributed by atoms with Gasteiger partial charge in [-0.2, -0.15) is 0 Å². The maximum Gasteiger partial charge on any atom is 0.573 e. The highest BCUT2D eigenvalue weighted by atomic mass is 32.2. The zero-order chi connectivity index (χ0) is 17.3. The fraction of sp³-hybridized carbons (Fsp3) is 0.143. The molecular weight excluding hydrogens is 338 g/mol. The highest BCUT2D eigenvalue weighted by Crippen LogP contribution is 2.25. The van der Waals surface area contributed by atoms with Crippen molar-refractivity contribution in [2.45, 2.75) is 18.2 Å². The first-order chi connectivity index (χ1) is 10.6. The van der Waals surface area contributed by atoms with Gasteiger partial charge in [0.25, 0.3) is 10.0 Å². The van der Waals surface area contributed by atoms with Gasteiger partial charge in [-0.05, 0) is 48.9 Å². The van der Waals surface area contributed by atoms with E-state index in [2.05, 4.69) is 9.46 Å². The van der Waals surface area contributed by atoms with E-state index in [0.717, 1.165) is 30.3 Å². The van der Waals surface area contributed by atoms with Crippen LogP contribution in [-0.2, 0) is 10.0 Å². The summed E-state index contributed by atoms with van der Waals surface area (Å²) in [6.45, 7) is 1.58. The summed E-state index contributed by atoms with van der Waals surface area (Å²) in [7, 11) is -4.07. The maximum absolute atomic E-state index is 13.2. The van der Waals surface area contributed by atoms with Crippen LogP contribution in [0.5, 0.6) is 5.75 Å². The summed E-state index contributed by atoms with van der Waals surface area (Å²) in [6.07, 6.45) is -4.86. The molecule has 0 amide bonds. The molecule has 1 N–H and O–H groups in total. The second-order valence-corrected chi connectivity index (χ2v) is 6.27. The molecule has 0 aromatic heterocycles. The molecule has 23 heavy (non-hydrogen) atoms. The number of anilines is 1. The number of aryl methyl sites for hydroxylation is 1. The average molecular weight is 349 g/mol. The van der Waals surface area contributed by atoms with Gasteiger partial charge in [-0.15, -0.1) is 13.2 Å². The molecule has 0 heterocycles. The van der Waals surface area contributed by atoms with Gasteiger partial charge in [-0.1, -0.05) is 6.07 Å². The third-order valence-electron chi connectivity index (χ3n) is 2.81. The van der Waals surface area contributed by atoms with E-state index in [-0.39, 0.29) is 10.6 Å². The summed E-state index contributed by atoms with van der Waals surface area (Å²) >= 11 is 0. The fourth-order valence-electron chi connectivity index (χ4n) is 1.73. The number of alkyl halides is 3. The molecule has 0 atom stereocenters. The fourth-order valence-corrected chi connectivity index (χ4v) is 2.85. The Morgan fingerprint density at radius 1 is 1.04 bits per heavy atom. The van der Waals surface area contributed by atoms with Gasteiger partial charge in [0.15, 0.2) is 0 Å². The molecule has 0 saturated heterocycles. The molecule has 0 unspecified atom stereocenters. The number of ether oxygens (including phenoxy) is 1.